The molecule has 3 nitrogen and oxygen atoms in total. The topological polar surface area (TPSA) is 51.2 Å². The average molecular weight is 318 g/mol. The van der Waals surface area contributed by atoms with Gasteiger partial charge in [0.15, 0.2) is 0 Å². The molecule has 0 heterocycles. The zero-order chi connectivity index (χ0) is 17.9. The summed E-state index contributed by atoms with van der Waals surface area (Å²) in [7, 11) is 0. The second-order valence-electron chi connectivity index (χ2n) is 4.88. The summed E-state index contributed by atoms with van der Waals surface area (Å²) in [6.07, 6.45) is 1.03. The molecule has 0 aliphatic carbocycles. The van der Waals surface area contributed by atoms with Crippen LogP contribution in [0.15, 0.2) is 18.2 Å². The lowest BCUT2D eigenvalue weighted by Gasteiger charge is -1.97. The molecule has 0 unspecified atom stereocenters. The summed E-state index contributed by atoms with van der Waals surface area (Å²) >= 11 is 0. The Bertz CT molecular complexity index is 714. The van der Waals surface area contributed by atoms with E-state index in [1.165, 1.54) is 0 Å². The van der Waals surface area contributed by atoms with E-state index in [9.17, 15) is 14.4 Å². The lowest BCUT2D eigenvalue weighted by Crippen LogP contribution is -1.92. The van der Waals surface area contributed by atoms with Crippen LogP contribution in [0, 0.1) is 35.5 Å². The first-order chi connectivity index (χ1) is 11.5. The van der Waals surface area contributed by atoms with Gasteiger partial charge in [0, 0.05) is 36.0 Å². The molecule has 0 bridgehead atoms. The normalized spacial score (nSPS) is 8.62. The van der Waals surface area contributed by atoms with Gasteiger partial charge >= 0.3 is 0 Å². The molecule has 1 aromatic carbocycles. The van der Waals surface area contributed by atoms with E-state index < -0.39 is 0 Å². The minimum atomic E-state index is -0.165. The molecule has 0 atom stereocenters. The van der Waals surface area contributed by atoms with Crippen molar-refractivity contribution in [3.8, 4) is 35.5 Å². The molecule has 120 valence electrons. The highest BCUT2D eigenvalue weighted by molar-refractivity contribution is 5.97. The first kappa shape index (κ1) is 19.0. The van der Waals surface area contributed by atoms with E-state index in [0.29, 0.717) is 36.0 Å². The van der Waals surface area contributed by atoms with Crippen LogP contribution in [0.4, 0.5) is 0 Å². The molecule has 0 spiro atoms. The maximum Gasteiger partial charge on any atom is 0.205 e. The quantitative estimate of drug-likeness (QED) is 0.805. The van der Waals surface area contributed by atoms with E-state index >= 15 is 0 Å². The van der Waals surface area contributed by atoms with Gasteiger partial charge in [-0.3, -0.25) is 14.4 Å². The van der Waals surface area contributed by atoms with Gasteiger partial charge in [-0.05, 0) is 36.0 Å². The first-order valence-corrected chi connectivity index (χ1v) is 7.78. The molecule has 0 amide bonds. The lowest BCUT2D eigenvalue weighted by atomic mass is 10.1. The Kier molecular flexibility index (Phi) is 7.77. The average Bonchev–Trinajstić information content (AvgIpc) is 2.61. The number of benzene rings is 1. The number of hydrogen-bond donors (Lipinski definition) is 0. The number of carbonyl (C=O) groups is 3. The van der Waals surface area contributed by atoms with E-state index in [2.05, 4.69) is 35.5 Å². The number of ketones is 3. The van der Waals surface area contributed by atoms with Gasteiger partial charge in [-0.25, -0.2) is 0 Å². The van der Waals surface area contributed by atoms with Crippen molar-refractivity contribution in [3.63, 3.8) is 0 Å². The van der Waals surface area contributed by atoms with Gasteiger partial charge in [-0.1, -0.05) is 38.5 Å². The van der Waals surface area contributed by atoms with Crippen molar-refractivity contribution >= 4 is 17.3 Å². The van der Waals surface area contributed by atoms with Crippen molar-refractivity contribution in [2.75, 3.05) is 0 Å². The fraction of sp³-hybridized carbons (Fsp3) is 0.286. The minimum Gasteiger partial charge on any atom is -0.285 e. The predicted octanol–water partition coefficient (Wildman–Crippen LogP) is 2.68. The van der Waals surface area contributed by atoms with Crippen LogP contribution in [0.2, 0.25) is 0 Å². The van der Waals surface area contributed by atoms with Crippen LogP contribution in [-0.2, 0) is 14.4 Å². The molecule has 1 aromatic rings. The van der Waals surface area contributed by atoms with Crippen molar-refractivity contribution in [1.29, 1.82) is 0 Å². The van der Waals surface area contributed by atoms with Crippen molar-refractivity contribution in [1.82, 2.24) is 0 Å². The Morgan fingerprint density at radius 3 is 1.08 bits per heavy atom. The van der Waals surface area contributed by atoms with Crippen LogP contribution >= 0.6 is 0 Å². The smallest absolute Gasteiger partial charge is 0.205 e. The summed E-state index contributed by atoms with van der Waals surface area (Å²) in [4.78, 5) is 34.0. The fourth-order valence-electron chi connectivity index (χ4n) is 1.53. The van der Waals surface area contributed by atoms with Crippen molar-refractivity contribution in [3.05, 3.63) is 34.9 Å². The van der Waals surface area contributed by atoms with Gasteiger partial charge in [-0.2, -0.15) is 0 Å². The van der Waals surface area contributed by atoms with Crippen molar-refractivity contribution < 1.29 is 14.4 Å². The third-order valence-electron chi connectivity index (χ3n) is 2.94. The molecule has 0 aromatic heterocycles. The Morgan fingerprint density at radius 2 is 0.875 bits per heavy atom. The predicted molar refractivity (Wildman–Crippen MR) is 93.0 cm³/mol. The molecule has 0 saturated carbocycles. The summed E-state index contributed by atoms with van der Waals surface area (Å²) in [5, 5.41) is 0. The highest BCUT2D eigenvalue weighted by Gasteiger charge is 1.99. The summed E-state index contributed by atoms with van der Waals surface area (Å²) in [5.74, 6) is 15.4. The standard InChI is InChI=1S/C21H18O3/c1-4-19(22)10-7-16-13-17(8-11-20(23)5-2)15-18(14-16)9-12-21(24)6-3/h13-15H,4-6H2,1-3H3. The molecule has 0 saturated heterocycles. The third kappa shape index (κ3) is 6.78. The molecule has 0 fully saturated rings. The zero-order valence-corrected chi connectivity index (χ0v) is 14.1. The molecule has 3 heteroatoms. The summed E-state index contributed by atoms with van der Waals surface area (Å²) in [5.41, 5.74) is 1.71. The highest BCUT2D eigenvalue weighted by atomic mass is 16.1. The van der Waals surface area contributed by atoms with Crippen molar-refractivity contribution in [2.24, 2.45) is 0 Å². The monoisotopic (exact) mass is 318 g/mol. The van der Waals surface area contributed by atoms with Crippen molar-refractivity contribution in [2.45, 2.75) is 40.0 Å². The molecular weight excluding hydrogens is 300 g/mol. The molecule has 0 aliphatic heterocycles. The molecule has 1 rings (SSSR count). The summed E-state index contributed by atoms with van der Waals surface area (Å²) < 4.78 is 0. The lowest BCUT2D eigenvalue weighted by molar-refractivity contribution is -0.114. The van der Waals surface area contributed by atoms with Crippen LogP contribution in [0.3, 0.4) is 0 Å². The molecule has 24 heavy (non-hydrogen) atoms. The Balaban J connectivity index is 3.30. The van der Waals surface area contributed by atoms with Gasteiger partial charge in [0.1, 0.15) is 0 Å². The van der Waals surface area contributed by atoms with E-state index in [0.717, 1.165) is 0 Å². The van der Waals surface area contributed by atoms with Gasteiger partial charge in [0.25, 0.3) is 0 Å². The van der Waals surface area contributed by atoms with Crippen LogP contribution in [-0.4, -0.2) is 17.3 Å². The number of hydrogen-bond acceptors (Lipinski definition) is 3. The van der Waals surface area contributed by atoms with E-state index in [-0.39, 0.29) is 17.3 Å². The Labute approximate surface area is 142 Å². The van der Waals surface area contributed by atoms with Gasteiger partial charge in [0.05, 0.1) is 0 Å². The minimum absolute atomic E-state index is 0.165. The molecule has 0 radical (unpaired) electrons. The van der Waals surface area contributed by atoms with E-state index in [4.69, 9.17) is 0 Å². The Morgan fingerprint density at radius 1 is 0.625 bits per heavy atom. The maximum absolute atomic E-state index is 11.3. The largest absolute Gasteiger partial charge is 0.285 e. The highest BCUT2D eigenvalue weighted by Crippen LogP contribution is 2.08. The number of Topliss-reactive ketones (excluding diaryl/α,β-unsaturated/α-hetero) is 3. The third-order valence-corrected chi connectivity index (χ3v) is 2.94. The number of rotatable bonds is 3. The van der Waals surface area contributed by atoms with Crippen LogP contribution in [0.5, 0.6) is 0 Å². The second-order valence-corrected chi connectivity index (χ2v) is 4.88. The SMILES string of the molecule is CCC(=O)C#Cc1cc(C#CC(=O)CC)cc(C#CC(=O)CC)c1. The molecule has 0 N–H and O–H groups in total. The molecule has 0 aliphatic rings. The molecular formula is C21H18O3. The van der Waals surface area contributed by atoms with Crippen LogP contribution in [0.1, 0.15) is 56.7 Å². The Hall–Kier alpha value is -3.09. The summed E-state index contributed by atoms with van der Waals surface area (Å²) in [6, 6.07) is 5.08. The summed E-state index contributed by atoms with van der Waals surface area (Å²) in [6.45, 7) is 5.22. The van der Waals surface area contributed by atoms with Gasteiger partial charge in [-0.15, -0.1) is 0 Å². The fourth-order valence-corrected chi connectivity index (χ4v) is 1.53. The van der Waals surface area contributed by atoms with Gasteiger partial charge < -0.3 is 0 Å². The second kappa shape index (κ2) is 9.83. The maximum atomic E-state index is 11.3. The van der Waals surface area contributed by atoms with Gasteiger partial charge in [0.2, 0.25) is 17.3 Å². The number of carbonyl (C=O) groups excluding carboxylic acids is 3. The van der Waals surface area contributed by atoms with E-state index in [1.807, 2.05) is 0 Å². The first-order valence-electron chi connectivity index (χ1n) is 7.78. The zero-order valence-electron chi connectivity index (χ0n) is 14.1. The van der Waals surface area contributed by atoms with Crippen LogP contribution < -0.4 is 0 Å². The van der Waals surface area contributed by atoms with Crippen LogP contribution in [0.25, 0.3) is 0 Å². The van der Waals surface area contributed by atoms with E-state index in [1.54, 1.807) is 39.0 Å².